The zero-order valence-corrected chi connectivity index (χ0v) is 20.0. The molecule has 188 valence electrons. The van der Waals surface area contributed by atoms with Crippen molar-refractivity contribution in [3.63, 3.8) is 0 Å². The molecule has 1 aromatic heterocycles. The van der Waals surface area contributed by atoms with Crippen LogP contribution in [0.25, 0.3) is 0 Å². The van der Waals surface area contributed by atoms with Crippen LogP contribution >= 0.6 is 0 Å². The number of anilines is 3. The van der Waals surface area contributed by atoms with Gasteiger partial charge in [-0.15, -0.1) is 0 Å². The molecule has 1 saturated heterocycles. The number of aromatic nitrogens is 1. The molecule has 35 heavy (non-hydrogen) atoms. The maximum Gasteiger partial charge on any atom is 0.345 e. The lowest BCUT2D eigenvalue weighted by molar-refractivity contribution is -0.143. The standard InChI is InChI=1S/C26H31F2N3O4/c1-15(2)35-19-6-8-23(33-14-19)25(32)31-12-17-4-3-9-29-24(17)30-21-7-5-16(11-22(21)31)20-10-18(20)13-34-26(27)28/h3-5,7,9,11,15,18-20,23,26H,6,8,10,12-14H2,1-2H3,(H,29,30)/t18?,19-,20?,23+/m0/s1. The lowest BCUT2D eigenvalue weighted by Gasteiger charge is -2.33. The predicted octanol–water partition coefficient (Wildman–Crippen LogP) is 4.99. The molecule has 3 heterocycles. The van der Waals surface area contributed by atoms with E-state index in [1.165, 1.54) is 0 Å². The summed E-state index contributed by atoms with van der Waals surface area (Å²) in [4.78, 5) is 20.0. The first-order valence-electron chi connectivity index (χ1n) is 12.2. The first kappa shape index (κ1) is 24.1. The van der Waals surface area contributed by atoms with Crippen LogP contribution in [0.1, 0.15) is 50.2 Å². The molecule has 0 bridgehead atoms. The third kappa shape index (κ3) is 5.47. The topological polar surface area (TPSA) is 72.9 Å². The molecule has 7 nitrogen and oxygen atoms in total. The third-order valence-corrected chi connectivity index (χ3v) is 6.81. The van der Waals surface area contributed by atoms with Gasteiger partial charge in [0.15, 0.2) is 0 Å². The van der Waals surface area contributed by atoms with E-state index in [0.717, 1.165) is 35.3 Å². The minimum atomic E-state index is -2.76. The van der Waals surface area contributed by atoms with Crippen LogP contribution in [0.4, 0.5) is 26.0 Å². The van der Waals surface area contributed by atoms with Crippen molar-refractivity contribution in [2.45, 2.75) is 70.5 Å². The van der Waals surface area contributed by atoms with Crippen molar-refractivity contribution in [1.29, 1.82) is 0 Å². The molecular weight excluding hydrogens is 456 g/mol. The lowest BCUT2D eigenvalue weighted by Crippen LogP contribution is -2.44. The number of carbonyl (C=O) groups is 1. The number of nitrogens with zero attached hydrogens (tertiary/aromatic N) is 2. The van der Waals surface area contributed by atoms with Gasteiger partial charge in [-0.2, -0.15) is 8.78 Å². The third-order valence-electron chi connectivity index (χ3n) is 6.81. The Labute approximate surface area is 203 Å². The average Bonchev–Trinajstić information content (AvgIpc) is 3.63. The molecule has 2 aromatic rings. The van der Waals surface area contributed by atoms with Crippen LogP contribution in [0.15, 0.2) is 36.5 Å². The van der Waals surface area contributed by atoms with Crippen molar-refractivity contribution < 1.29 is 27.8 Å². The summed E-state index contributed by atoms with van der Waals surface area (Å²) >= 11 is 0. The lowest BCUT2D eigenvalue weighted by atomic mass is 10.0. The summed E-state index contributed by atoms with van der Waals surface area (Å²) in [5.74, 6) is 0.808. The summed E-state index contributed by atoms with van der Waals surface area (Å²) in [5, 5.41) is 3.37. The van der Waals surface area contributed by atoms with E-state index in [-0.39, 0.29) is 36.6 Å². The van der Waals surface area contributed by atoms with E-state index in [9.17, 15) is 13.6 Å². The molecule has 2 unspecified atom stereocenters. The molecule has 1 aliphatic carbocycles. The Bertz CT molecular complexity index is 1060. The van der Waals surface area contributed by atoms with Gasteiger partial charge in [0.05, 0.1) is 43.3 Å². The van der Waals surface area contributed by atoms with Crippen molar-refractivity contribution in [3.8, 4) is 0 Å². The normalized spacial score (nSPS) is 25.6. The fraction of sp³-hybridized carbons (Fsp3) is 0.538. The number of rotatable bonds is 7. The van der Waals surface area contributed by atoms with Crippen LogP contribution in [0, 0.1) is 5.92 Å². The molecule has 9 heteroatoms. The molecule has 1 aromatic carbocycles. The smallest absolute Gasteiger partial charge is 0.345 e. The number of carbonyl (C=O) groups excluding carboxylic acids is 1. The van der Waals surface area contributed by atoms with Gasteiger partial charge in [0.1, 0.15) is 11.9 Å². The summed E-state index contributed by atoms with van der Waals surface area (Å²) in [6.07, 6.45) is 3.41. The number of benzene rings is 1. The Morgan fingerprint density at radius 3 is 2.89 bits per heavy atom. The number of nitrogens with one attached hydrogen (secondary N) is 1. The minimum Gasteiger partial charge on any atom is -0.373 e. The number of fused-ring (bicyclic) bond motifs is 2. The van der Waals surface area contributed by atoms with Gasteiger partial charge in [-0.1, -0.05) is 12.1 Å². The molecule has 2 fully saturated rings. The van der Waals surface area contributed by atoms with Crippen molar-refractivity contribution in [2.24, 2.45) is 5.92 Å². The van der Waals surface area contributed by atoms with Crippen LogP contribution in [-0.2, 0) is 25.5 Å². The highest BCUT2D eigenvalue weighted by Crippen LogP contribution is 2.50. The maximum atomic E-state index is 13.8. The van der Waals surface area contributed by atoms with E-state index in [4.69, 9.17) is 9.47 Å². The van der Waals surface area contributed by atoms with Crippen molar-refractivity contribution in [1.82, 2.24) is 4.98 Å². The van der Waals surface area contributed by atoms with Gasteiger partial charge in [-0.05, 0) is 68.7 Å². The SMILES string of the molecule is CC(C)O[C@H]1CC[C@H](C(=O)N2Cc3cccnc3Nc3ccc(C4CC4COC(F)F)cc32)OC1. The first-order valence-corrected chi connectivity index (χ1v) is 12.2. The quantitative estimate of drug-likeness (QED) is 0.594. The van der Waals surface area contributed by atoms with Crippen molar-refractivity contribution in [3.05, 3.63) is 47.7 Å². The number of pyridine rings is 1. The van der Waals surface area contributed by atoms with E-state index in [1.54, 1.807) is 11.1 Å². The second-order valence-electron chi connectivity index (χ2n) is 9.74. The highest BCUT2D eigenvalue weighted by Gasteiger charge is 2.40. The van der Waals surface area contributed by atoms with Crippen LogP contribution in [-0.4, -0.2) is 49.0 Å². The molecule has 2 aliphatic heterocycles. The molecule has 4 atom stereocenters. The van der Waals surface area contributed by atoms with Crippen LogP contribution in [0.2, 0.25) is 0 Å². The van der Waals surface area contributed by atoms with E-state index in [1.807, 2.05) is 44.2 Å². The minimum absolute atomic E-state index is 0.00377. The molecule has 5 rings (SSSR count). The number of amides is 1. The van der Waals surface area contributed by atoms with Crippen molar-refractivity contribution >= 4 is 23.1 Å². The van der Waals surface area contributed by atoms with Crippen LogP contribution in [0.3, 0.4) is 0 Å². The van der Waals surface area contributed by atoms with E-state index in [2.05, 4.69) is 15.0 Å². The Morgan fingerprint density at radius 2 is 2.14 bits per heavy atom. The van der Waals surface area contributed by atoms with E-state index >= 15 is 0 Å². The molecule has 1 N–H and O–H groups in total. The molecule has 3 aliphatic rings. The average molecular weight is 488 g/mol. The Kier molecular flexibility index (Phi) is 7.00. The highest BCUT2D eigenvalue weighted by atomic mass is 19.3. The second-order valence-corrected chi connectivity index (χ2v) is 9.74. The maximum absolute atomic E-state index is 13.8. The fourth-order valence-corrected chi connectivity index (χ4v) is 4.99. The highest BCUT2D eigenvalue weighted by molar-refractivity contribution is 6.01. The number of ether oxygens (including phenoxy) is 3. The summed E-state index contributed by atoms with van der Waals surface area (Å²) in [5.41, 5.74) is 3.44. The summed E-state index contributed by atoms with van der Waals surface area (Å²) in [6.45, 7) is 2.01. The largest absolute Gasteiger partial charge is 0.373 e. The number of hydrogen-bond acceptors (Lipinski definition) is 6. The Hall–Kier alpha value is -2.62. The van der Waals surface area contributed by atoms with Gasteiger partial charge >= 0.3 is 6.61 Å². The Balaban J connectivity index is 1.38. The summed E-state index contributed by atoms with van der Waals surface area (Å²) in [6, 6.07) is 9.72. The molecule has 1 saturated carbocycles. The van der Waals surface area contributed by atoms with Gasteiger partial charge in [0.25, 0.3) is 5.91 Å². The zero-order valence-electron chi connectivity index (χ0n) is 20.0. The molecule has 0 radical (unpaired) electrons. The number of alkyl halides is 2. The van der Waals surface area contributed by atoms with Crippen LogP contribution < -0.4 is 10.2 Å². The molecular formula is C26H31F2N3O4. The predicted molar refractivity (Wildman–Crippen MR) is 127 cm³/mol. The fourth-order valence-electron chi connectivity index (χ4n) is 4.99. The van der Waals surface area contributed by atoms with Gasteiger partial charge in [0.2, 0.25) is 0 Å². The zero-order chi connectivity index (χ0) is 24.5. The monoisotopic (exact) mass is 487 g/mol. The van der Waals surface area contributed by atoms with Gasteiger partial charge in [-0.3, -0.25) is 4.79 Å². The Morgan fingerprint density at radius 1 is 1.29 bits per heavy atom. The van der Waals surface area contributed by atoms with Gasteiger partial charge in [-0.25, -0.2) is 4.98 Å². The van der Waals surface area contributed by atoms with Crippen LogP contribution in [0.5, 0.6) is 0 Å². The summed E-state index contributed by atoms with van der Waals surface area (Å²) < 4.78 is 41.3. The molecule has 1 amide bonds. The van der Waals surface area contributed by atoms with Crippen molar-refractivity contribution in [2.75, 3.05) is 23.4 Å². The van der Waals surface area contributed by atoms with E-state index < -0.39 is 12.7 Å². The molecule has 0 spiro atoms. The first-order chi connectivity index (χ1) is 16.9. The van der Waals surface area contributed by atoms with Gasteiger partial charge in [0, 0.05) is 11.8 Å². The second kappa shape index (κ2) is 10.2. The van der Waals surface area contributed by atoms with E-state index in [0.29, 0.717) is 25.4 Å². The summed E-state index contributed by atoms with van der Waals surface area (Å²) in [7, 11) is 0. The van der Waals surface area contributed by atoms with Gasteiger partial charge < -0.3 is 24.4 Å². The number of halogens is 2. The number of hydrogen-bond donors (Lipinski definition) is 1.